The molecule has 5 heteroatoms. The Hall–Kier alpha value is -2.04. The van der Waals surface area contributed by atoms with Gasteiger partial charge in [-0.3, -0.25) is 4.79 Å². The van der Waals surface area contributed by atoms with Gasteiger partial charge in [0.2, 0.25) is 0 Å². The number of carbonyl (C=O) groups is 2. The Morgan fingerprint density at radius 3 is 2.37 bits per heavy atom. The number of nitrogens with one attached hydrogen (secondary N) is 1. The summed E-state index contributed by atoms with van der Waals surface area (Å²) in [6.07, 6.45) is 0. The number of likely N-dealkylation sites (N-methyl/N-ethyl adjacent to an activating group) is 1. The molecule has 0 aromatic heterocycles. The van der Waals surface area contributed by atoms with E-state index in [-0.39, 0.29) is 12.6 Å². The molecule has 0 aliphatic heterocycles. The minimum absolute atomic E-state index is 0.0396. The number of esters is 1. The predicted octanol–water partition coefficient (Wildman–Crippen LogP) is 2.41. The number of hydrogen-bond acceptors (Lipinski definition) is 3. The van der Waals surface area contributed by atoms with Crippen molar-refractivity contribution in [2.24, 2.45) is 0 Å². The number of urea groups is 1. The Kier molecular flexibility index (Phi) is 5.85. The number of ether oxygens (including phenoxy) is 1. The molecule has 104 valence electrons. The molecule has 0 atom stereocenters. The Labute approximate surface area is 113 Å². The second kappa shape index (κ2) is 7.41. The fourth-order valence-electron chi connectivity index (χ4n) is 1.53. The Balaban J connectivity index is 2.58. The fraction of sp³-hybridized carbons (Fsp3) is 0.429. The summed E-state index contributed by atoms with van der Waals surface area (Å²) in [6.45, 7) is 6.24. The highest BCUT2D eigenvalue weighted by molar-refractivity contribution is 5.91. The molecule has 0 bridgehead atoms. The van der Waals surface area contributed by atoms with Gasteiger partial charge in [0.1, 0.15) is 6.54 Å². The lowest BCUT2D eigenvalue weighted by atomic mass is 10.2. The molecule has 0 aliphatic carbocycles. The zero-order valence-corrected chi connectivity index (χ0v) is 11.6. The summed E-state index contributed by atoms with van der Waals surface area (Å²) < 4.78 is 4.83. The molecule has 0 saturated carbocycles. The molecule has 0 saturated heterocycles. The average molecular weight is 264 g/mol. The number of amides is 2. The molecule has 2 amide bonds. The minimum atomic E-state index is -0.400. The SMILES string of the molecule is CCOC(=O)CN(CC)C(=O)Nc1ccc(C)cc1. The zero-order chi connectivity index (χ0) is 14.3. The van der Waals surface area contributed by atoms with Crippen molar-refractivity contribution in [2.75, 3.05) is 25.0 Å². The number of aryl methyl sites for hydroxylation is 1. The van der Waals surface area contributed by atoms with Gasteiger partial charge < -0.3 is 15.0 Å². The van der Waals surface area contributed by atoms with Crippen LogP contribution in [0.1, 0.15) is 19.4 Å². The van der Waals surface area contributed by atoms with Gasteiger partial charge in [0.05, 0.1) is 6.61 Å². The second-order valence-electron chi connectivity index (χ2n) is 4.12. The Bertz CT molecular complexity index is 429. The minimum Gasteiger partial charge on any atom is -0.465 e. The summed E-state index contributed by atoms with van der Waals surface area (Å²) in [5.41, 5.74) is 1.83. The van der Waals surface area contributed by atoms with Crippen molar-refractivity contribution >= 4 is 17.7 Å². The Morgan fingerprint density at radius 2 is 1.84 bits per heavy atom. The van der Waals surface area contributed by atoms with Gasteiger partial charge in [-0.25, -0.2) is 4.79 Å². The van der Waals surface area contributed by atoms with Crippen LogP contribution < -0.4 is 5.32 Å². The molecule has 19 heavy (non-hydrogen) atoms. The quantitative estimate of drug-likeness (QED) is 0.831. The lowest BCUT2D eigenvalue weighted by Crippen LogP contribution is -2.39. The van der Waals surface area contributed by atoms with Crippen molar-refractivity contribution in [1.82, 2.24) is 4.90 Å². The number of rotatable bonds is 5. The van der Waals surface area contributed by atoms with Gasteiger partial charge in [-0.1, -0.05) is 17.7 Å². The fourth-order valence-corrected chi connectivity index (χ4v) is 1.53. The van der Waals surface area contributed by atoms with Crippen LogP contribution in [-0.4, -0.2) is 36.6 Å². The topological polar surface area (TPSA) is 58.6 Å². The maximum atomic E-state index is 12.0. The first-order valence-electron chi connectivity index (χ1n) is 6.35. The first kappa shape index (κ1) is 15.0. The van der Waals surface area contributed by atoms with Crippen LogP contribution >= 0.6 is 0 Å². The summed E-state index contributed by atoms with van der Waals surface area (Å²) in [7, 11) is 0. The van der Waals surface area contributed by atoms with E-state index in [1.165, 1.54) is 4.90 Å². The van der Waals surface area contributed by atoms with Crippen molar-refractivity contribution in [1.29, 1.82) is 0 Å². The monoisotopic (exact) mass is 264 g/mol. The van der Waals surface area contributed by atoms with Crippen LogP contribution in [0.4, 0.5) is 10.5 Å². The zero-order valence-electron chi connectivity index (χ0n) is 11.6. The molecule has 5 nitrogen and oxygen atoms in total. The van der Waals surface area contributed by atoms with Crippen molar-refractivity contribution in [3.63, 3.8) is 0 Å². The van der Waals surface area contributed by atoms with E-state index in [0.717, 1.165) is 5.56 Å². The Morgan fingerprint density at radius 1 is 1.21 bits per heavy atom. The second-order valence-corrected chi connectivity index (χ2v) is 4.12. The van der Waals surface area contributed by atoms with Gasteiger partial charge in [-0.2, -0.15) is 0 Å². The molecule has 0 heterocycles. The molecule has 0 spiro atoms. The van der Waals surface area contributed by atoms with E-state index in [2.05, 4.69) is 5.32 Å². The first-order valence-corrected chi connectivity index (χ1v) is 6.35. The summed E-state index contributed by atoms with van der Waals surface area (Å²) in [6, 6.07) is 7.17. The molecule has 0 unspecified atom stereocenters. The summed E-state index contributed by atoms with van der Waals surface area (Å²) in [4.78, 5) is 24.7. The largest absolute Gasteiger partial charge is 0.465 e. The third-order valence-corrected chi connectivity index (χ3v) is 2.60. The van der Waals surface area contributed by atoms with Gasteiger partial charge in [0, 0.05) is 12.2 Å². The van der Waals surface area contributed by atoms with E-state index in [1.807, 2.05) is 38.1 Å². The smallest absolute Gasteiger partial charge is 0.325 e. The van der Waals surface area contributed by atoms with Crippen molar-refractivity contribution in [3.8, 4) is 0 Å². The molecular formula is C14H20N2O3. The van der Waals surface area contributed by atoms with E-state index in [9.17, 15) is 9.59 Å². The molecule has 0 fully saturated rings. The summed E-state index contributed by atoms with van der Waals surface area (Å²) in [5.74, 6) is -0.400. The van der Waals surface area contributed by atoms with Crippen LogP contribution in [0.15, 0.2) is 24.3 Å². The maximum Gasteiger partial charge on any atom is 0.325 e. The molecule has 1 aromatic carbocycles. The highest BCUT2D eigenvalue weighted by Gasteiger charge is 2.16. The van der Waals surface area contributed by atoms with Crippen LogP contribution in [0.2, 0.25) is 0 Å². The van der Waals surface area contributed by atoms with Crippen molar-refractivity contribution in [3.05, 3.63) is 29.8 Å². The van der Waals surface area contributed by atoms with Gasteiger partial charge in [0.25, 0.3) is 0 Å². The van der Waals surface area contributed by atoms with Gasteiger partial charge in [-0.05, 0) is 32.9 Å². The number of anilines is 1. The predicted molar refractivity (Wildman–Crippen MR) is 74.1 cm³/mol. The number of hydrogen-bond donors (Lipinski definition) is 1. The highest BCUT2D eigenvalue weighted by atomic mass is 16.5. The van der Waals surface area contributed by atoms with E-state index in [4.69, 9.17) is 4.74 Å². The average Bonchev–Trinajstić information content (AvgIpc) is 2.39. The van der Waals surface area contributed by atoms with E-state index >= 15 is 0 Å². The van der Waals surface area contributed by atoms with Crippen LogP contribution in [0.5, 0.6) is 0 Å². The van der Waals surface area contributed by atoms with Crippen LogP contribution in [-0.2, 0) is 9.53 Å². The normalized spacial score (nSPS) is 9.84. The third-order valence-electron chi connectivity index (χ3n) is 2.60. The highest BCUT2D eigenvalue weighted by Crippen LogP contribution is 2.09. The molecule has 1 aromatic rings. The van der Waals surface area contributed by atoms with Crippen LogP contribution in [0.3, 0.4) is 0 Å². The van der Waals surface area contributed by atoms with E-state index < -0.39 is 5.97 Å². The third kappa shape index (κ3) is 4.99. The first-order chi connectivity index (χ1) is 9.06. The van der Waals surface area contributed by atoms with Crippen LogP contribution in [0.25, 0.3) is 0 Å². The van der Waals surface area contributed by atoms with Gasteiger partial charge in [-0.15, -0.1) is 0 Å². The van der Waals surface area contributed by atoms with E-state index in [1.54, 1.807) is 6.92 Å². The lowest BCUT2D eigenvalue weighted by molar-refractivity contribution is -0.143. The molecule has 0 aliphatic rings. The molecule has 0 radical (unpaired) electrons. The standard InChI is InChI=1S/C14H20N2O3/c1-4-16(10-13(17)19-5-2)14(18)15-12-8-6-11(3)7-9-12/h6-9H,4-5,10H2,1-3H3,(H,15,18). The number of benzene rings is 1. The summed E-state index contributed by atoms with van der Waals surface area (Å²) in [5, 5.41) is 2.75. The molecule has 1 N–H and O–H groups in total. The van der Waals surface area contributed by atoms with E-state index in [0.29, 0.717) is 18.8 Å². The van der Waals surface area contributed by atoms with Gasteiger partial charge >= 0.3 is 12.0 Å². The molecule has 1 rings (SSSR count). The number of nitrogens with zero attached hydrogens (tertiary/aromatic N) is 1. The van der Waals surface area contributed by atoms with Crippen molar-refractivity contribution in [2.45, 2.75) is 20.8 Å². The van der Waals surface area contributed by atoms with Crippen LogP contribution in [0, 0.1) is 6.92 Å². The lowest BCUT2D eigenvalue weighted by Gasteiger charge is -2.20. The maximum absolute atomic E-state index is 12.0. The molecular weight excluding hydrogens is 244 g/mol. The van der Waals surface area contributed by atoms with Gasteiger partial charge in [0.15, 0.2) is 0 Å². The van der Waals surface area contributed by atoms with Crippen molar-refractivity contribution < 1.29 is 14.3 Å². The summed E-state index contributed by atoms with van der Waals surface area (Å²) >= 11 is 0. The number of carbonyl (C=O) groups excluding carboxylic acids is 2.